The van der Waals surface area contributed by atoms with Crippen LogP contribution in [0.3, 0.4) is 0 Å². The molecule has 0 spiro atoms. The van der Waals surface area contributed by atoms with Crippen molar-refractivity contribution in [3.8, 4) is 0 Å². The number of rotatable bonds is 1. The Balaban J connectivity index is 1.83. The fourth-order valence-corrected chi connectivity index (χ4v) is 2.94. The van der Waals surface area contributed by atoms with E-state index in [9.17, 15) is 0 Å². The van der Waals surface area contributed by atoms with Crippen LogP contribution in [0.5, 0.6) is 0 Å². The van der Waals surface area contributed by atoms with Crippen LogP contribution >= 0.6 is 0 Å². The molecular formula is C13H19N3. The van der Waals surface area contributed by atoms with Crippen molar-refractivity contribution in [2.24, 2.45) is 5.92 Å². The second-order valence-electron chi connectivity index (χ2n) is 5.27. The molecule has 3 nitrogen and oxygen atoms in total. The van der Waals surface area contributed by atoms with Gasteiger partial charge < -0.3 is 5.32 Å². The van der Waals surface area contributed by atoms with E-state index in [1.165, 1.54) is 36.9 Å². The molecule has 1 saturated carbocycles. The van der Waals surface area contributed by atoms with Crippen LogP contribution in [-0.4, -0.2) is 9.97 Å². The first kappa shape index (κ1) is 10.2. The summed E-state index contributed by atoms with van der Waals surface area (Å²) in [6.07, 6.45) is 7.28. The zero-order chi connectivity index (χ0) is 11.0. The van der Waals surface area contributed by atoms with Crippen molar-refractivity contribution in [2.45, 2.75) is 51.6 Å². The molecule has 0 amide bonds. The minimum Gasteiger partial charge on any atom is -0.307 e. The molecule has 3 rings (SSSR count). The van der Waals surface area contributed by atoms with Crippen LogP contribution in [0.2, 0.25) is 0 Å². The Hall–Kier alpha value is -0.960. The summed E-state index contributed by atoms with van der Waals surface area (Å²) in [5, 5.41) is 3.32. The Bertz CT molecular complexity index is 389. The molecule has 1 aliphatic carbocycles. The van der Waals surface area contributed by atoms with Gasteiger partial charge in [-0.3, -0.25) is 0 Å². The van der Waals surface area contributed by atoms with E-state index in [1.54, 1.807) is 0 Å². The number of hydrogen-bond acceptors (Lipinski definition) is 3. The second-order valence-corrected chi connectivity index (χ2v) is 5.27. The standard InChI is InChI=1S/C13H19N3/c1-9-3-2-4-10(5-9)13-15-7-11-6-14-8-12(11)16-13/h7,9-10,14H,2-6,8H2,1H3. The van der Waals surface area contributed by atoms with E-state index >= 15 is 0 Å². The smallest absolute Gasteiger partial charge is 0.131 e. The molecule has 2 heterocycles. The summed E-state index contributed by atoms with van der Waals surface area (Å²) in [5.74, 6) is 2.54. The van der Waals surface area contributed by atoms with E-state index in [-0.39, 0.29) is 0 Å². The predicted molar refractivity (Wildman–Crippen MR) is 62.9 cm³/mol. The average Bonchev–Trinajstić information content (AvgIpc) is 2.75. The molecule has 1 aromatic rings. The van der Waals surface area contributed by atoms with Gasteiger partial charge in [0.15, 0.2) is 0 Å². The molecule has 1 N–H and O–H groups in total. The highest BCUT2D eigenvalue weighted by Crippen LogP contribution is 2.34. The normalized spacial score (nSPS) is 29.1. The van der Waals surface area contributed by atoms with E-state index in [0.29, 0.717) is 5.92 Å². The van der Waals surface area contributed by atoms with Crippen LogP contribution in [0.15, 0.2) is 6.20 Å². The van der Waals surface area contributed by atoms with Gasteiger partial charge in [0.25, 0.3) is 0 Å². The van der Waals surface area contributed by atoms with Crippen molar-refractivity contribution < 1.29 is 0 Å². The van der Waals surface area contributed by atoms with Crippen LogP contribution in [0.4, 0.5) is 0 Å². The van der Waals surface area contributed by atoms with Crippen molar-refractivity contribution in [3.63, 3.8) is 0 Å². The zero-order valence-electron chi connectivity index (χ0n) is 9.87. The van der Waals surface area contributed by atoms with E-state index in [0.717, 1.165) is 24.8 Å². The monoisotopic (exact) mass is 217 g/mol. The lowest BCUT2D eigenvalue weighted by Crippen LogP contribution is -2.15. The molecule has 1 aromatic heterocycles. The molecule has 2 atom stereocenters. The van der Waals surface area contributed by atoms with Crippen molar-refractivity contribution in [1.82, 2.24) is 15.3 Å². The van der Waals surface area contributed by atoms with Crippen molar-refractivity contribution in [1.29, 1.82) is 0 Å². The first-order chi connectivity index (χ1) is 7.83. The van der Waals surface area contributed by atoms with Crippen molar-refractivity contribution in [3.05, 3.63) is 23.3 Å². The summed E-state index contributed by atoms with van der Waals surface area (Å²) >= 11 is 0. The Morgan fingerprint density at radius 3 is 3.12 bits per heavy atom. The number of nitrogens with one attached hydrogen (secondary N) is 1. The maximum atomic E-state index is 4.74. The van der Waals surface area contributed by atoms with Crippen LogP contribution in [0.25, 0.3) is 0 Å². The first-order valence-corrected chi connectivity index (χ1v) is 6.38. The molecule has 16 heavy (non-hydrogen) atoms. The SMILES string of the molecule is CC1CCCC(c2ncc3c(n2)CNC3)C1. The lowest BCUT2D eigenvalue weighted by molar-refractivity contribution is 0.334. The van der Waals surface area contributed by atoms with Gasteiger partial charge in [-0.1, -0.05) is 19.8 Å². The largest absolute Gasteiger partial charge is 0.307 e. The van der Waals surface area contributed by atoms with Crippen LogP contribution in [-0.2, 0) is 13.1 Å². The third-order valence-corrected chi connectivity index (χ3v) is 3.88. The van der Waals surface area contributed by atoms with Gasteiger partial charge in [-0.25, -0.2) is 9.97 Å². The third kappa shape index (κ3) is 1.84. The van der Waals surface area contributed by atoms with E-state index in [1.807, 2.05) is 6.20 Å². The molecule has 0 bridgehead atoms. The molecule has 0 saturated heterocycles. The van der Waals surface area contributed by atoms with Gasteiger partial charge in [-0.2, -0.15) is 0 Å². The first-order valence-electron chi connectivity index (χ1n) is 6.38. The van der Waals surface area contributed by atoms with Gasteiger partial charge in [0.1, 0.15) is 5.82 Å². The predicted octanol–water partition coefficient (Wildman–Crippen LogP) is 2.37. The fourth-order valence-electron chi connectivity index (χ4n) is 2.94. The molecule has 1 aliphatic heterocycles. The average molecular weight is 217 g/mol. The number of hydrogen-bond donors (Lipinski definition) is 1. The zero-order valence-corrected chi connectivity index (χ0v) is 9.87. The highest BCUT2D eigenvalue weighted by molar-refractivity contribution is 5.22. The molecule has 0 aromatic carbocycles. The quantitative estimate of drug-likeness (QED) is 0.784. The Morgan fingerprint density at radius 1 is 1.31 bits per heavy atom. The lowest BCUT2D eigenvalue weighted by Gasteiger charge is -2.25. The molecule has 3 heteroatoms. The van der Waals surface area contributed by atoms with Crippen molar-refractivity contribution in [2.75, 3.05) is 0 Å². The van der Waals surface area contributed by atoms with Crippen LogP contribution < -0.4 is 5.32 Å². The van der Waals surface area contributed by atoms with Gasteiger partial charge >= 0.3 is 0 Å². The number of fused-ring (bicyclic) bond motifs is 1. The maximum absolute atomic E-state index is 4.74. The second kappa shape index (κ2) is 4.13. The number of aromatic nitrogens is 2. The minimum atomic E-state index is 0.606. The molecule has 1 fully saturated rings. The minimum absolute atomic E-state index is 0.606. The Morgan fingerprint density at radius 2 is 2.25 bits per heavy atom. The molecule has 86 valence electrons. The molecular weight excluding hydrogens is 198 g/mol. The third-order valence-electron chi connectivity index (χ3n) is 3.88. The summed E-state index contributed by atoms with van der Waals surface area (Å²) in [6, 6.07) is 0. The molecule has 0 radical (unpaired) electrons. The Labute approximate surface area is 96.7 Å². The van der Waals surface area contributed by atoms with Gasteiger partial charge in [-0.05, 0) is 18.8 Å². The number of nitrogens with zero attached hydrogens (tertiary/aromatic N) is 2. The van der Waals surface area contributed by atoms with Crippen LogP contribution in [0.1, 0.15) is 55.6 Å². The fraction of sp³-hybridized carbons (Fsp3) is 0.692. The summed E-state index contributed by atoms with van der Waals surface area (Å²) in [4.78, 5) is 9.30. The van der Waals surface area contributed by atoms with E-state index < -0.39 is 0 Å². The summed E-state index contributed by atoms with van der Waals surface area (Å²) in [5.41, 5.74) is 2.51. The highest BCUT2D eigenvalue weighted by Gasteiger charge is 2.24. The summed E-state index contributed by atoms with van der Waals surface area (Å²) in [6.45, 7) is 4.21. The Kier molecular flexibility index (Phi) is 2.64. The lowest BCUT2D eigenvalue weighted by atomic mass is 9.82. The molecule has 2 unspecified atom stereocenters. The van der Waals surface area contributed by atoms with Gasteiger partial charge in [-0.15, -0.1) is 0 Å². The van der Waals surface area contributed by atoms with E-state index in [4.69, 9.17) is 4.98 Å². The van der Waals surface area contributed by atoms with Gasteiger partial charge in [0.2, 0.25) is 0 Å². The summed E-state index contributed by atoms with van der Waals surface area (Å²) < 4.78 is 0. The van der Waals surface area contributed by atoms with Gasteiger partial charge in [0.05, 0.1) is 5.69 Å². The van der Waals surface area contributed by atoms with Gasteiger partial charge in [0, 0.05) is 30.8 Å². The van der Waals surface area contributed by atoms with Crippen LogP contribution in [0, 0.1) is 5.92 Å². The highest BCUT2D eigenvalue weighted by atomic mass is 15.0. The summed E-state index contributed by atoms with van der Waals surface area (Å²) in [7, 11) is 0. The molecule has 2 aliphatic rings. The topological polar surface area (TPSA) is 37.8 Å². The van der Waals surface area contributed by atoms with E-state index in [2.05, 4.69) is 17.2 Å². The maximum Gasteiger partial charge on any atom is 0.131 e. The van der Waals surface area contributed by atoms with Crippen molar-refractivity contribution >= 4 is 0 Å².